The number of carbonyl (C=O) groups is 1. The highest BCUT2D eigenvalue weighted by Crippen LogP contribution is 2.16. The molecule has 1 aliphatic rings. The molecule has 2 rings (SSSR count). The fourth-order valence-electron chi connectivity index (χ4n) is 2.27. The van der Waals surface area contributed by atoms with Crippen molar-refractivity contribution < 1.29 is 9.53 Å². The average molecular weight is 277 g/mol. The molecule has 0 spiro atoms. The molecule has 1 aliphatic heterocycles. The molecule has 1 aromatic heterocycles. The van der Waals surface area contributed by atoms with E-state index in [-0.39, 0.29) is 5.91 Å². The van der Waals surface area contributed by atoms with Gasteiger partial charge in [-0.1, -0.05) is 6.92 Å². The molecule has 5 heteroatoms. The maximum atomic E-state index is 12.2. The van der Waals surface area contributed by atoms with Crippen LogP contribution in [0.2, 0.25) is 0 Å². The Hall–Kier alpha value is -1.62. The number of nitrogens with zero attached hydrogens (tertiary/aromatic N) is 1. The van der Waals surface area contributed by atoms with Gasteiger partial charge in [0.1, 0.15) is 0 Å². The Morgan fingerprint density at radius 2 is 2.25 bits per heavy atom. The SMILES string of the molecule is CCCNc1ccncc1C(=O)NCC1CCOCC1. The number of pyridine rings is 1. The highest BCUT2D eigenvalue weighted by atomic mass is 16.5. The molecule has 0 aromatic carbocycles. The summed E-state index contributed by atoms with van der Waals surface area (Å²) in [6.07, 6.45) is 6.39. The summed E-state index contributed by atoms with van der Waals surface area (Å²) in [6, 6.07) is 1.85. The van der Waals surface area contributed by atoms with Crippen LogP contribution < -0.4 is 10.6 Å². The lowest BCUT2D eigenvalue weighted by atomic mass is 10.0. The van der Waals surface area contributed by atoms with Crippen molar-refractivity contribution in [2.45, 2.75) is 26.2 Å². The van der Waals surface area contributed by atoms with Crippen molar-refractivity contribution in [1.82, 2.24) is 10.3 Å². The van der Waals surface area contributed by atoms with E-state index in [4.69, 9.17) is 4.74 Å². The van der Waals surface area contributed by atoms with Crippen LogP contribution in [0.15, 0.2) is 18.5 Å². The van der Waals surface area contributed by atoms with Crippen LogP contribution in [0.3, 0.4) is 0 Å². The van der Waals surface area contributed by atoms with Crippen molar-refractivity contribution in [3.63, 3.8) is 0 Å². The molecule has 1 aromatic rings. The third kappa shape index (κ3) is 4.20. The van der Waals surface area contributed by atoms with Gasteiger partial charge in [-0.25, -0.2) is 0 Å². The van der Waals surface area contributed by atoms with Gasteiger partial charge in [-0.15, -0.1) is 0 Å². The van der Waals surface area contributed by atoms with Crippen molar-refractivity contribution in [3.05, 3.63) is 24.0 Å². The smallest absolute Gasteiger partial charge is 0.254 e. The van der Waals surface area contributed by atoms with Gasteiger partial charge in [0, 0.05) is 38.7 Å². The fourth-order valence-corrected chi connectivity index (χ4v) is 2.27. The molecule has 1 saturated heterocycles. The molecular formula is C15H23N3O2. The van der Waals surface area contributed by atoms with E-state index in [0.29, 0.717) is 18.0 Å². The summed E-state index contributed by atoms with van der Waals surface area (Å²) in [7, 11) is 0. The highest BCUT2D eigenvalue weighted by molar-refractivity contribution is 5.99. The van der Waals surface area contributed by atoms with E-state index >= 15 is 0 Å². The lowest BCUT2D eigenvalue weighted by molar-refractivity contribution is 0.0643. The maximum Gasteiger partial charge on any atom is 0.254 e. The summed E-state index contributed by atoms with van der Waals surface area (Å²) in [5, 5.41) is 6.27. The van der Waals surface area contributed by atoms with Gasteiger partial charge in [0.2, 0.25) is 0 Å². The van der Waals surface area contributed by atoms with Crippen LogP contribution >= 0.6 is 0 Å². The van der Waals surface area contributed by atoms with Gasteiger partial charge in [-0.3, -0.25) is 9.78 Å². The predicted molar refractivity (Wildman–Crippen MR) is 78.9 cm³/mol. The standard InChI is InChI=1S/C15H23N3O2/c1-2-6-17-14-3-7-16-11-13(14)15(19)18-10-12-4-8-20-9-5-12/h3,7,11-12H,2,4-6,8-10H2,1H3,(H,16,17)(H,18,19). The molecule has 0 atom stereocenters. The van der Waals surface area contributed by atoms with E-state index < -0.39 is 0 Å². The molecule has 5 nitrogen and oxygen atoms in total. The van der Waals surface area contributed by atoms with Crippen LogP contribution in [0.1, 0.15) is 36.5 Å². The molecule has 1 fully saturated rings. The molecule has 2 N–H and O–H groups in total. The average Bonchev–Trinajstić information content (AvgIpc) is 2.52. The van der Waals surface area contributed by atoms with Crippen molar-refractivity contribution in [2.75, 3.05) is 31.6 Å². The number of nitrogens with one attached hydrogen (secondary N) is 2. The lowest BCUT2D eigenvalue weighted by Crippen LogP contribution is -2.32. The number of carbonyl (C=O) groups excluding carboxylic acids is 1. The molecule has 0 bridgehead atoms. The molecule has 0 radical (unpaired) electrons. The first kappa shape index (κ1) is 14.8. The number of rotatable bonds is 6. The Morgan fingerprint density at radius 1 is 1.45 bits per heavy atom. The van der Waals surface area contributed by atoms with E-state index in [9.17, 15) is 4.79 Å². The van der Waals surface area contributed by atoms with Gasteiger partial charge in [0.25, 0.3) is 5.91 Å². The molecular weight excluding hydrogens is 254 g/mol. The summed E-state index contributed by atoms with van der Waals surface area (Å²) < 4.78 is 5.32. The van der Waals surface area contributed by atoms with Gasteiger partial charge in [-0.2, -0.15) is 0 Å². The Balaban J connectivity index is 1.90. The normalized spacial score (nSPS) is 15.8. The molecule has 0 unspecified atom stereocenters. The van der Waals surface area contributed by atoms with Crippen LogP contribution in [0.4, 0.5) is 5.69 Å². The van der Waals surface area contributed by atoms with E-state index in [1.54, 1.807) is 12.4 Å². The highest BCUT2D eigenvalue weighted by Gasteiger charge is 2.16. The zero-order valence-corrected chi connectivity index (χ0v) is 12.0. The summed E-state index contributed by atoms with van der Waals surface area (Å²) in [5.41, 5.74) is 1.47. The summed E-state index contributed by atoms with van der Waals surface area (Å²) >= 11 is 0. The van der Waals surface area contributed by atoms with Crippen LogP contribution in [-0.4, -0.2) is 37.2 Å². The van der Waals surface area contributed by atoms with Crippen LogP contribution in [-0.2, 0) is 4.74 Å². The molecule has 20 heavy (non-hydrogen) atoms. The predicted octanol–water partition coefficient (Wildman–Crippen LogP) is 2.06. The van der Waals surface area contributed by atoms with E-state index in [0.717, 1.165) is 44.7 Å². The van der Waals surface area contributed by atoms with E-state index in [1.807, 2.05) is 6.07 Å². The number of anilines is 1. The van der Waals surface area contributed by atoms with E-state index in [2.05, 4.69) is 22.5 Å². The Kier molecular flexibility index (Phi) is 5.80. The number of hydrogen-bond donors (Lipinski definition) is 2. The quantitative estimate of drug-likeness (QED) is 0.835. The molecule has 110 valence electrons. The third-order valence-electron chi connectivity index (χ3n) is 3.52. The number of ether oxygens (including phenoxy) is 1. The number of aromatic nitrogens is 1. The fraction of sp³-hybridized carbons (Fsp3) is 0.600. The van der Waals surface area contributed by atoms with Crippen molar-refractivity contribution in [1.29, 1.82) is 0 Å². The van der Waals surface area contributed by atoms with Crippen molar-refractivity contribution in [3.8, 4) is 0 Å². The van der Waals surface area contributed by atoms with Crippen LogP contribution in [0.25, 0.3) is 0 Å². The lowest BCUT2D eigenvalue weighted by Gasteiger charge is -2.22. The molecule has 1 amide bonds. The van der Waals surface area contributed by atoms with Gasteiger partial charge in [-0.05, 0) is 31.2 Å². The van der Waals surface area contributed by atoms with Crippen LogP contribution in [0.5, 0.6) is 0 Å². The van der Waals surface area contributed by atoms with Gasteiger partial charge < -0.3 is 15.4 Å². The Bertz CT molecular complexity index is 431. The van der Waals surface area contributed by atoms with Crippen molar-refractivity contribution >= 4 is 11.6 Å². The number of hydrogen-bond acceptors (Lipinski definition) is 4. The third-order valence-corrected chi connectivity index (χ3v) is 3.52. The Labute approximate surface area is 120 Å². The second kappa shape index (κ2) is 7.85. The summed E-state index contributed by atoms with van der Waals surface area (Å²) in [5.74, 6) is 0.472. The largest absolute Gasteiger partial charge is 0.384 e. The monoisotopic (exact) mass is 277 g/mol. The van der Waals surface area contributed by atoms with Crippen LogP contribution in [0, 0.1) is 5.92 Å². The maximum absolute atomic E-state index is 12.2. The number of amides is 1. The zero-order valence-electron chi connectivity index (χ0n) is 12.0. The summed E-state index contributed by atoms with van der Waals surface area (Å²) in [4.78, 5) is 16.3. The topological polar surface area (TPSA) is 63.2 Å². The minimum absolute atomic E-state index is 0.0526. The minimum Gasteiger partial charge on any atom is -0.384 e. The first-order valence-corrected chi connectivity index (χ1v) is 7.35. The molecule has 2 heterocycles. The first-order valence-electron chi connectivity index (χ1n) is 7.35. The summed E-state index contributed by atoms with van der Waals surface area (Å²) in [6.45, 7) is 5.26. The second-order valence-electron chi connectivity index (χ2n) is 5.11. The van der Waals surface area contributed by atoms with Gasteiger partial charge in [0.15, 0.2) is 0 Å². The zero-order chi connectivity index (χ0) is 14.2. The molecule has 0 saturated carbocycles. The van der Waals surface area contributed by atoms with Gasteiger partial charge >= 0.3 is 0 Å². The Morgan fingerprint density at radius 3 is 3.00 bits per heavy atom. The van der Waals surface area contributed by atoms with E-state index in [1.165, 1.54) is 0 Å². The van der Waals surface area contributed by atoms with Gasteiger partial charge in [0.05, 0.1) is 11.3 Å². The first-order chi connectivity index (χ1) is 9.81. The van der Waals surface area contributed by atoms with Crippen molar-refractivity contribution in [2.24, 2.45) is 5.92 Å². The second-order valence-corrected chi connectivity index (χ2v) is 5.11. The molecule has 0 aliphatic carbocycles. The minimum atomic E-state index is -0.0526.